The maximum atomic E-state index is 13.1. The number of fused-ring (bicyclic) bond motifs is 1. The molecule has 3 N–H and O–H groups in total. The zero-order valence-electron chi connectivity index (χ0n) is 18.8. The molecule has 8 nitrogen and oxygen atoms in total. The van der Waals surface area contributed by atoms with Gasteiger partial charge in [-0.05, 0) is 78.9 Å². The Morgan fingerprint density at radius 3 is 2.06 bits per heavy atom. The van der Waals surface area contributed by atoms with Crippen LogP contribution in [-0.2, 0) is 0 Å². The number of anilines is 3. The molecule has 0 aliphatic carbocycles. The molecule has 1 heterocycles. The molecule has 0 unspecified atom stereocenters. The molecule has 0 bridgehead atoms. The van der Waals surface area contributed by atoms with Crippen molar-refractivity contribution in [2.24, 2.45) is 0 Å². The summed E-state index contributed by atoms with van der Waals surface area (Å²) in [5.41, 5.74) is 7.94. The third kappa shape index (κ3) is 4.30. The fourth-order valence-electron chi connectivity index (χ4n) is 3.79. The molecule has 0 spiro atoms. The van der Waals surface area contributed by atoms with Crippen molar-refractivity contribution in [2.75, 3.05) is 16.0 Å². The van der Waals surface area contributed by atoms with Gasteiger partial charge in [-0.3, -0.25) is 14.4 Å². The van der Waals surface area contributed by atoms with Crippen LogP contribution >= 0.6 is 0 Å². The SMILES string of the molecule is Nc1ccc(C(=O)Nc2ccc3c(c2)C(=O)N(c2ccc(C(=O)Oc4ccccc4)cc2)C3=O)cc1. The van der Waals surface area contributed by atoms with Crippen molar-refractivity contribution in [3.05, 3.63) is 119 Å². The Morgan fingerprint density at radius 1 is 0.722 bits per heavy atom. The number of nitrogens with zero attached hydrogens (tertiary/aromatic N) is 1. The topological polar surface area (TPSA) is 119 Å². The van der Waals surface area contributed by atoms with E-state index in [0.717, 1.165) is 4.90 Å². The van der Waals surface area contributed by atoms with Crippen molar-refractivity contribution >= 4 is 40.8 Å². The molecule has 3 amide bonds. The van der Waals surface area contributed by atoms with E-state index in [1.165, 1.54) is 36.4 Å². The third-order valence-corrected chi connectivity index (χ3v) is 5.63. The monoisotopic (exact) mass is 477 g/mol. The molecule has 0 fully saturated rings. The van der Waals surface area contributed by atoms with Crippen LogP contribution in [-0.4, -0.2) is 23.7 Å². The van der Waals surface area contributed by atoms with E-state index in [1.807, 2.05) is 6.07 Å². The predicted molar refractivity (Wildman–Crippen MR) is 134 cm³/mol. The van der Waals surface area contributed by atoms with E-state index in [9.17, 15) is 19.2 Å². The predicted octanol–water partition coefficient (Wildman–Crippen LogP) is 4.54. The van der Waals surface area contributed by atoms with Crippen LogP contribution in [0.5, 0.6) is 5.75 Å². The molecule has 8 heteroatoms. The molecule has 0 saturated heterocycles. The second kappa shape index (κ2) is 9.19. The van der Waals surface area contributed by atoms with E-state index in [4.69, 9.17) is 10.5 Å². The van der Waals surface area contributed by atoms with E-state index in [1.54, 1.807) is 54.6 Å². The lowest BCUT2D eigenvalue weighted by Gasteiger charge is -2.14. The number of benzene rings is 4. The highest BCUT2D eigenvalue weighted by Crippen LogP contribution is 2.30. The number of carbonyl (C=O) groups is 4. The van der Waals surface area contributed by atoms with E-state index >= 15 is 0 Å². The summed E-state index contributed by atoms with van der Waals surface area (Å²) in [5, 5.41) is 2.72. The van der Waals surface area contributed by atoms with E-state index in [2.05, 4.69) is 5.32 Å². The highest BCUT2D eigenvalue weighted by Gasteiger charge is 2.37. The Morgan fingerprint density at radius 2 is 1.36 bits per heavy atom. The lowest BCUT2D eigenvalue weighted by Crippen LogP contribution is -2.29. The Bertz CT molecular complexity index is 1500. The van der Waals surface area contributed by atoms with Gasteiger partial charge in [0.1, 0.15) is 5.75 Å². The number of nitrogens with two attached hydrogens (primary N) is 1. The van der Waals surface area contributed by atoms with Crippen LogP contribution in [0.4, 0.5) is 17.1 Å². The third-order valence-electron chi connectivity index (χ3n) is 5.63. The van der Waals surface area contributed by atoms with Crippen LogP contribution in [0.3, 0.4) is 0 Å². The Hall–Kier alpha value is -5.24. The summed E-state index contributed by atoms with van der Waals surface area (Å²) in [6.07, 6.45) is 0. The summed E-state index contributed by atoms with van der Waals surface area (Å²) in [6.45, 7) is 0. The minimum absolute atomic E-state index is 0.169. The van der Waals surface area contributed by atoms with Crippen molar-refractivity contribution in [3.8, 4) is 5.75 Å². The lowest BCUT2D eigenvalue weighted by molar-refractivity contribution is 0.0734. The molecular formula is C28H19N3O5. The van der Waals surface area contributed by atoms with Crippen molar-refractivity contribution in [3.63, 3.8) is 0 Å². The number of para-hydroxylation sites is 1. The summed E-state index contributed by atoms with van der Waals surface area (Å²) < 4.78 is 5.31. The van der Waals surface area contributed by atoms with E-state index < -0.39 is 17.8 Å². The fraction of sp³-hybridized carbons (Fsp3) is 0. The Kier molecular flexibility index (Phi) is 5.75. The van der Waals surface area contributed by atoms with Crippen LogP contribution in [0.1, 0.15) is 41.4 Å². The van der Waals surface area contributed by atoms with Gasteiger partial charge in [0.2, 0.25) is 0 Å². The maximum absolute atomic E-state index is 13.1. The Balaban J connectivity index is 1.32. The summed E-state index contributed by atoms with van der Waals surface area (Å²) in [7, 11) is 0. The minimum Gasteiger partial charge on any atom is -0.423 e. The molecule has 1 aliphatic rings. The van der Waals surface area contributed by atoms with Crippen LogP contribution in [0.2, 0.25) is 0 Å². The number of imide groups is 1. The molecule has 176 valence electrons. The summed E-state index contributed by atoms with van der Waals surface area (Å²) in [6, 6.07) is 25.6. The minimum atomic E-state index is -0.559. The molecule has 4 aromatic rings. The number of rotatable bonds is 5. The van der Waals surface area contributed by atoms with Crippen LogP contribution < -0.4 is 20.7 Å². The highest BCUT2D eigenvalue weighted by molar-refractivity contribution is 6.34. The van der Waals surface area contributed by atoms with Gasteiger partial charge in [0.15, 0.2) is 0 Å². The summed E-state index contributed by atoms with van der Waals surface area (Å²) >= 11 is 0. The number of hydrogen-bond donors (Lipinski definition) is 2. The average molecular weight is 477 g/mol. The highest BCUT2D eigenvalue weighted by atomic mass is 16.5. The molecule has 0 aromatic heterocycles. The smallest absolute Gasteiger partial charge is 0.343 e. The number of carbonyl (C=O) groups excluding carboxylic acids is 4. The molecule has 0 saturated carbocycles. The number of ether oxygens (including phenoxy) is 1. The first-order valence-corrected chi connectivity index (χ1v) is 11.0. The normalized spacial score (nSPS) is 12.3. The van der Waals surface area contributed by atoms with Gasteiger partial charge in [-0.2, -0.15) is 0 Å². The van der Waals surface area contributed by atoms with E-state index in [0.29, 0.717) is 28.4 Å². The zero-order valence-corrected chi connectivity index (χ0v) is 18.8. The van der Waals surface area contributed by atoms with Gasteiger partial charge in [0.05, 0.1) is 22.4 Å². The van der Waals surface area contributed by atoms with Crippen LogP contribution in [0, 0.1) is 0 Å². The number of nitrogens with one attached hydrogen (secondary N) is 1. The van der Waals surface area contributed by atoms with Gasteiger partial charge < -0.3 is 15.8 Å². The van der Waals surface area contributed by atoms with Crippen molar-refractivity contribution in [1.29, 1.82) is 0 Å². The van der Waals surface area contributed by atoms with Gasteiger partial charge in [0, 0.05) is 16.9 Å². The molecule has 5 rings (SSSR count). The quantitative estimate of drug-likeness (QED) is 0.189. The number of nitrogen functional groups attached to an aromatic ring is 1. The summed E-state index contributed by atoms with van der Waals surface area (Å²) in [4.78, 5) is 52.0. The van der Waals surface area contributed by atoms with Gasteiger partial charge >= 0.3 is 5.97 Å². The molecule has 0 radical (unpaired) electrons. The largest absolute Gasteiger partial charge is 0.423 e. The van der Waals surface area contributed by atoms with E-state index in [-0.39, 0.29) is 22.6 Å². The maximum Gasteiger partial charge on any atom is 0.343 e. The fourth-order valence-corrected chi connectivity index (χ4v) is 3.79. The first-order chi connectivity index (χ1) is 17.4. The molecule has 0 atom stereocenters. The Labute approximate surface area is 205 Å². The standard InChI is InChI=1S/C28H19N3O5/c29-19-10-6-17(7-11-19)25(32)30-20-12-15-23-24(16-20)27(34)31(26(23)33)21-13-8-18(9-14-21)28(35)36-22-4-2-1-3-5-22/h1-16H,29H2,(H,30,32). The second-order valence-electron chi connectivity index (χ2n) is 8.03. The number of esters is 1. The average Bonchev–Trinajstić information content (AvgIpc) is 3.14. The van der Waals surface area contributed by atoms with Crippen molar-refractivity contribution < 1.29 is 23.9 Å². The zero-order chi connectivity index (χ0) is 25.2. The van der Waals surface area contributed by atoms with Crippen LogP contribution in [0.15, 0.2) is 97.1 Å². The summed E-state index contributed by atoms with van der Waals surface area (Å²) in [5.74, 6) is -1.55. The second-order valence-corrected chi connectivity index (χ2v) is 8.03. The molecule has 1 aliphatic heterocycles. The van der Waals surface area contributed by atoms with Crippen LogP contribution in [0.25, 0.3) is 0 Å². The van der Waals surface area contributed by atoms with Gasteiger partial charge in [-0.25, -0.2) is 9.69 Å². The molecule has 4 aromatic carbocycles. The first-order valence-electron chi connectivity index (χ1n) is 11.0. The van der Waals surface area contributed by atoms with Gasteiger partial charge in [0.25, 0.3) is 17.7 Å². The number of hydrogen-bond acceptors (Lipinski definition) is 6. The molecule has 36 heavy (non-hydrogen) atoms. The van der Waals surface area contributed by atoms with Crippen molar-refractivity contribution in [1.82, 2.24) is 0 Å². The number of amides is 3. The first kappa shape index (κ1) is 22.5. The molecular weight excluding hydrogens is 458 g/mol. The van der Waals surface area contributed by atoms with Gasteiger partial charge in [-0.15, -0.1) is 0 Å². The van der Waals surface area contributed by atoms with Gasteiger partial charge in [-0.1, -0.05) is 18.2 Å². The lowest BCUT2D eigenvalue weighted by atomic mass is 10.1. The van der Waals surface area contributed by atoms with Crippen molar-refractivity contribution in [2.45, 2.75) is 0 Å².